The number of benzene rings is 1. The molecule has 0 spiro atoms. The summed E-state index contributed by atoms with van der Waals surface area (Å²) in [5.74, 6) is 3.78. The number of aryl methyl sites for hydroxylation is 3. The summed E-state index contributed by atoms with van der Waals surface area (Å²) in [5, 5.41) is 18.2. The molecular formula is C25H31N5O2S2. The number of ether oxygens (including phenoxy) is 1. The fourth-order valence-electron chi connectivity index (χ4n) is 3.56. The molecule has 0 saturated heterocycles. The van der Waals surface area contributed by atoms with Gasteiger partial charge in [0.2, 0.25) is 5.89 Å². The third kappa shape index (κ3) is 5.88. The van der Waals surface area contributed by atoms with Crippen LogP contribution < -0.4 is 4.74 Å². The first-order valence-corrected chi connectivity index (χ1v) is 13.5. The van der Waals surface area contributed by atoms with Gasteiger partial charge in [-0.1, -0.05) is 51.6 Å². The molecule has 0 saturated carbocycles. The molecule has 4 rings (SSSR count). The van der Waals surface area contributed by atoms with Gasteiger partial charge in [0.1, 0.15) is 12.4 Å². The second kappa shape index (κ2) is 11.2. The molecule has 0 amide bonds. The van der Waals surface area contributed by atoms with Crippen molar-refractivity contribution in [3.63, 3.8) is 0 Å². The number of hydrogen-bond donors (Lipinski definition) is 0. The van der Waals surface area contributed by atoms with Gasteiger partial charge < -0.3 is 13.7 Å². The Morgan fingerprint density at radius 2 is 1.85 bits per heavy atom. The molecule has 9 heteroatoms. The zero-order valence-corrected chi connectivity index (χ0v) is 22.0. The highest BCUT2D eigenvalue weighted by Gasteiger charge is 2.17. The molecule has 0 aliphatic rings. The average Bonchev–Trinajstić information content (AvgIpc) is 3.55. The van der Waals surface area contributed by atoms with Crippen molar-refractivity contribution in [3.8, 4) is 16.5 Å². The van der Waals surface area contributed by atoms with Crippen LogP contribution in [0.25, 0.3) is 10.8 Å². The van der Waals surface area contributed by atoms with Gasteiger partial charge in [0.15, 0.2) is 11.0 Å². The second-order valence-electron chi connectivity index (χ2n) is 8.55. The third-order valence-corrected chi connectivity index (χ3v) is 7.71. The largest absolute Gasteiger partial charge is 0.486 e. The van der Waals surface area contributed by atoms with E-state index in [0.29, 0.717) is 30.1 Å². The van der Waals surface area contributed by atoms with Crippen molar-refractivity contribution >= 4 is 23.1 Å². The quantitative estimate of drug-likeness (QED) is 0.223. The van der Waals surface area contributed by atoms with Gasteiger partial charge in [0.25, 0.3) is 5.89 Å². The molecule has 34 heavy (non-hydrogen) atoms. The molecule has 0 N–H and O–H groups in total. The van der Waals surface area contributed by atoms with Crippen LogP contribution in [0.15, 0.2) is 39.9 Å². The number of hydrogen-bond acceptors (Lipinski definition) is 8. The van der Waals surface area contributed by atoms with Crippen LogP contribution in [0.4, 0.5) is 0 Å². The fraction of sp³-hybridized carbons (Fsp3) is 0.440. The predicted octanol–water partition coefficient (Wildman–Crippen LogP) is 6.35. The van der Waals surface area contributed by atoms with Crippen LogP contribution in [0, 0.1) is 12.8 Å². The van der Waals surface area contributed by atoms with E-state index in [0.717, 1.165) is 41.0 Å². The first-order valence-electron chi connectivity index (χ1n) is 11.7. The maximum Gasteiger partial charge on any atom is 0.257 e. The maximum absolute atomic E-state index is 5.99. The van der Waals surface area contributed by atoms with Gasteiger partial charge in [-0.25, -0.2) is 0 Å². The Bertz CT molecular complexity index is 1210. The van der Waals surface area contributed by atoms with Crippen LogP contribution in [-0.4, -0.2) is 25.0 Å². The standard InChI is InChI=1S/C25H31N5O2S2/c1-6-18-8-10-19(11-9-18)31-14-22-26-29-25(30(22)13-16(3)4)33-15-23-27-28-24(32-23)21-12-17(5)20(7-2)34-21/h8-12,16H,6-7,13-15H2,1-5H3. The van der Waals surface area contributed by atoms with Crippen LogP contribution in [0.1, 0.15) is 55.4 Å². The number of thioether (sulfide) groups is 1. The molecule has 0 unspecified atom stereocenters. The van der Waals surface area contributed by atoms with E-state index in [-0.39, 0.29) is 0 Å². The van der Waals surface area contributed by atoms with Crippen molar-refractivity contribution in [1.29, 1.82) is 0 Å². The summed E-state index contributed by atoms with van der Waals surface area (Å²) in [6, 6.07) is 10.3. The Labute approximate surface area is 209 Å². The van der Waals surface area contributed by atoms with Gasteiger partial charge in [-0.3, -0.25) is 0 Å². The minimum atomic E-state index is 0.369. The van der Waals surface area contributed by atoms with E-state index in [1.165, 1.54) is 16.0 Å². The summed E-state index contributed by atoms with van der Waals surface area (Å²) in [6.07, 6.45) is 2.02. The lowest BCUT2D eigenvalue weighted by Crippen LogP contribution is -2.12. The third-order valence-electron chi connectivity index (χ3n) is 5.38. The summed E-state index contributed by atoms with van der Waals surface area (Å²) in [7, 11) is 0. The van der Waals surface area contributed by atoms with Crippen LogP contribution >= 0.6 is 23.1 Å². The maximum atomic E-state index is 5.99. The lowest BCUT2D eigenvalue weighted by atomic mass is 10.2. The van der Waals surface area contributed by atoms with Crippen molar-refractivity contribution in [2.45, 2.75) is 71.5 Å². The number of aromatic nitrogens is 5. The lowest BCUT2D eigenvalue weighted by molar-refractivity contribution is 0.284. The van der Waals surface area contributed by atoms with Crippen LogP contribution in [0.5, 0.6) is 5.75 Å². The zero-order valence-electron chi connectivity index (χ0n) is 20.4. The van der Waals surface area contributed by atoms with Crippen LogP contribution in [0.3, 0.4) is 0 Å². The van der Waals surface area contributed by atoms with Gasteiger partial charge in [0.05, 0.1) is 10.6 Å². The smallest absolute Gasteiger partial charge is 0.257 e. The first-order chi connectivity index (χ1) is 16.5. The highest BCUT2D eigenvalue weighted by atomic mass is 32.2. The molecular weight excluding hydrogens is 466 g/mol. The number of thiophene rings is 1. The molecule has 1 aromatic carbocycles. The highest BCUT2D eigenvalue weighted by molar-refractivity contribution is 7.98. The molecule has 7 nitrogen and oxygen atoms in total. The van der Waals surface area contributed by atoms with Crippen molar-refractivity contribution in [2.24, 2.45) is 5.92 Å². The topological polar surface area (TPSA) is 78.9 Å². The minimum Gasteiger partial charge on any atom is -0.486 e. The molecule has 0 atom stereocenters. The second-order valence-corrected chi connectivity index (χ2v) is 10.6. The van der Waals surface area contributed by atoms with Crippen molar-refractivity contribution < 1.29 is 9.15 Å². The van der Waals surface area contributed by atoms with E-state index >= 15 is 0 Å². The molecule has 0 fully saturated rings. The molecule has 4 aromatic rings. The monoisotopic (exact) mass is 497 g/mol. The normalized spacial score (nSPS) is 11.5. The Morgan fingerprint density at radius 1 is 1.06 bits per heavy atom. The van der Waals surface area contributed by atoms with Gasteiger partial charge in [-0.2, -0.15) is 0 Å². The van der Waals surface area contributed by atoms with E-state index in [1.807, 2.05) is 12.1 Å². The number of rotatable bonds is 11. The van der Waals surface area contributed by atoms with Gasteiger partial charge >= 0.3 is 0 Å². The fourth-order valence-corrected chi connectivity index (χ4v) is 5.40. The summed E-state index contributed by atoms with van der Waals surface area (Å²) >= 11 is 3.27. The summed E-state index contributed by atoms with van der Waals surface area (Å²) in [6.45, 7) is 12.0. The Hall–Kier alpha value is -2.65. The first kappa shape index (κ1) is 24.5. The zero-order chi connectivity index (χ0) is 24.1. The lowest BCUT2D eigenvalue weighted by Gasteiger charge is -2.13. The Kier molecular flexibility index (Phi) is 8.05. The molecule has 0 aliphatic carbocycles. The van der Waals surface area contributed by atoms with Crippen molar-refractivity contribution in [3.05, 3.63) is 58.1 Å². The van der Waals surface area contributed by atoms with Crippen molar-refractivity contribution in [1.82, 2.24) is 25.0 Å². The van der Waals surface area contributed by atoms with Crippen molar-refractivity contribution in [2.75, 3.05) is 0 Å². The molecule has 3 heterocycles. The highest BCUT2D eigenvalue weighted by Crippen LogP contribution is 2.32. The summed E-state index contributed by atoms with van der Waals surface area (Å²) < 4.78 is 14.1. The Morgan fingerprint density at radius 3 is 2.53 bits per heavy atom. The molecule has 0 aliphatic heterocycles. The predicted molar refractivity (Wildman–Crippen MR) is 136 cm³/mol. The van der Waals surface area contributed by atoms with E-state index in [4.69, 9.17) is 9.15 Å². The molecule has 3 aromatic heterocycles. The van der Waals surface area contributed by atoms with E-state index < -0.39 is 0 Å². The van der Waals surface area contributed by atoms with E-state index in [1.54, 1.807) is 23.1 Å². The van der Waals surface area contributed by atoms with Gasteiger partial charge in [-0.05, 0) is 55.0 Å². The van der Waals surface area contributed by atoms with E-state index in [2.05, 4.69) is 77.8 Å². The molecule has 0 radical (unpaired) electrons. The van der Waals surface area contributed by atoms with Gasteiger partial charge in [-0.15, -0.1) is 31.7 Å². The molecule has 180 valence electrons. The molecule has 0 bridgehead atoms. The summed E-state index contributed by atoms with van der Waals surface area (Å²) in [5.41, 5.74) is 2.56. The SMILES string of the molecule is CCc1ccc(OCc2nnc(SCc3nnc(-c4cc(C)c(CC)s4)o3)n2CC(C)C)cc1. The average molecular weight is 498 g/mol. The minimum absolute atomic E-state index is 0.369. The van der Waals surface area contributed by atoms with E-state index in [9.17, 15) is 0 Å². The van der Waals surface area contributed by atoms with Crippen LogP contribution in [-0.2, 0) is 31.7 Å². The van der Waals surface area contributed by atoms with Gasteiger partial charge in [0, 0.05) is 11.4 Å². The summed E-state index contributed by atoms with van der Waals surface area (Å²) in [4.78, 5) is 2.37. The Balaban J connectivity index is 1.43. The van der Waals surface area contributed by atoms with Crippen LogP contribution in [0.2, 0.25) is 0 Å². The number of nitrogens with zero attached hydrogens (tertiary/aromatic N) is 5.